The van der Waals surface area contributed by atoms with Gasteiger partial charge >= 0.3 is 0 Å². The third-order valence-corrected chi connectivity index (χ3v) is 5.30. The van der Waals surface area contributed by atoms with Crippen LogP contribution in [-0.4, -0.2) is 29.0 Å². The fourth-order valence-electron chi connectivity index (χ4n) is 2.11. The van der Waals surface area contributed by atoms with Crippen molar-refractivity contribution in [3.63, 3.8) is 0 Å². The molecule has 0 fully saturated rings. The molecule has 0 aliphatic carbocycles. The van der Waals surface area contributed by atoms with Crippen molar-refractivity contribution in [3.05, 3.63) is 47.5 Å². The van der Waals surface area contributed by atoms with Crippen molar-refractivity contribution in [2.24, 2.45) is 7.05 Å². The average Bonchev–Trinajstić information content (AvgIpc) is 2.84. The molecule has 0 radical (unpaired) electrons. The first-order valence-corrected chi connectivity index (χ1v) is 8.02. The van der Waals surface area contributed by atoms with Gasteiger partial charge in [0, 0.05) is 31.9 Å². The van der Waals surface area contributed by atoms with Crippen molar-refractivity contribution < 1.29 is 12.8 Å². The number of hydrogen-bond acceptors (Lipinski definition) is 3. The maximum absolute atomic E-state index is 13.4. The van der Waals surface area contributed by atoms with E-state index in [1.165, 1.54) is 16.4 Å². The molecule has 0 amide bonds. The zero-order chi connectivity index (χ0) is 15.6. The highest BCUT2D eigenvalue weighted by atomic mass is 32.2. The van der Waals surface area contributed by atoms with E-state index in [4.69, 9.17) is 0 Å². The van der Waals surface area contributed by atoms with Gasteiger partial charge in [0.05, 0.1) is 11.1 Å². The molecule has 21 heavy (non-hydrogen) atoms. The molecule has 114 valence electrons. The minimum absolute atomic E-state index is 0.00763. The lowest BCUT2D eigenvalue weighted by atomic mass is 10.2. The molecule has 0 saturated carbocycles. The number of hydrogen-bond donors (Lipinski definition) is 0. The molecule has 1 aromatic carbocycles. The lowest BCUT2D eigenvalue weighted by Gasteiger charge is -2.21. The summed E-state index contributed by atoms with van der Waals surface area (Å²) in [6.45, 7) is 3.92. The molecule has 0 aliphatic heterocycles. The second-order valence-corrected chi connectivity index (χ2v) is 6.77. The van der Waals surface area contributed by atoms with Gasteiger partial charge < -0.3 is 0 Å². The normalized spacial score (nSPS) is 12.0. The van der Waals surface area contributed by atoms with E-state index in [0.717, 1.165) is 11.6 Å². The Kier molecular flexibility index (Phi) is 4.43. The summed E-state index contributed by atoms with van der Waals surface area (Å²) in [5, 5.41) is 4.03. The van der Waals surface area contributed by atoms with E-state index in [-0.39, 0.29) is 11.4 Å². The topological polar surface area (TPSA) is 55.2 Å². The Morgan fingerprint density at radius 1 is 1.38 bits per heavy atom. The molecule has 0 bridgehead atoms. The molecule has 5 nitrogen and oxygen atoms in total. The van der Waals surface area contributed by atoms with Crippen LogP contribution < -0.4 is 0 Å². The van der Waals surface area contributed by atoms with Gasteiger partial charge in [-0.2, -0.15) is 9.40 Å². The van der Waals surface area contributed by atoms with Crippen LogP contribution in [0.15, 0.2) is 35.5 Å². The highest BCUT2D eigenvalue weighted by Gasteiger charge is 2.25. The first-order chi connectivity index (χ1) is 9.84. The molecule has 2 aromatic rings. The fourth-order valence-corrected chi connectivity index (χ4v) is 3.79. The van der Waals surface area contributed by atoms with Gasteiger partial charge in [0.15, 0.2) is 0 Å². The molecule has 0 N–H and O–H groups in total. The molecule has 1 aromatic heterocycles. The molecule has 0 aliphatic rings. The van der Waals surface area contributed by atoms with Gasteiger partial charge in [0.2, 0.25) is 10.0 Å². The number of rotatable bonds is 5. The predicted molar refractivity (Wildman–Crippen MR) is 77.6 cm³/mol. The summed E-state index contributed by atoms with van der Waals surface area (Å²) < 4.78 is 41.7. The summed E-state index contributed by atoms with van der Waals surface area (Å²) in [5.41, 5.74) is 1.32. The van der Waals surface area contributed by atoms with Crippen molar-refractivity contribution >= 4 is 10.0 Å². The first-order valence-electron chi connectivity index (χ1n) is 6.58. The highest BCUT2D eigenvalue weighted by molar-refractivity contribution is 7.89. The largest absolute Gasteiger partial charge is 0.275 e. The van der Waals surface area contributed by atoms with E-state index in [2.05, 4.69) is 5.10 Å². The third-order valence-electron chi connectivity index (χ3n) is 3.24. The standard InChI is InChI=1S/C14H18FN3O2S/c1-4-18(10-12-8-16-17(3)9-12)21(19,20)14-7-13(15)6-5-11(14)2/h5-9H,4,10H2,1-3H3. The lowest BCUT2D eigenvalue weighted by molar-refractivity contribution is 0.422. The Balaban J connectivity index is 2.37. The summed E-state index contributed by atoms with van der Waals surface area (Å²) in [5.74, 6) is -0.559. The van der Waals surface area contributed by atoms with Crippen molar-refractivity contribution in [1.29, 1.82) is 0 Å². The second kappa shape index (κ2) is 5.95. The zero-order valence-electron chi connectivity index (χ0n) is 12.2. The van der Waals surface area contributed by atoms with E-state index in [0.29, 0.717) is 12.1 Å². The van der Waals surface area contributed by atoms with Crippen LogP contribution in [0.3, 0.4) is 0 Å². The fraction of sp³-hybridized carbons (Fsp3) is 0.357. The number of aromatic nitrogens is 2. The van der Waals surface area contributed by atoms with Gasteiger partial charge in [-0.15, -0.1) is 0 Å². The van der Waals surface area contributed by atoms with Crippen molar-refractivity contribution in [3.8, 4) is 0 Å². The van der Waals surface area contributed by atoms with Gasteiger partial charge in [0.25, 0.3) is 0 Å². The number of aryl methyl sites for hydroxylation is 2. The summed E-state index contributed by atoms with van der Waals surface area (Å²) in [7, 11) is -1.97. The third kappa shape index (κ3) is 3.30. The number of benzene rings is 1. The average molecular weight is 311 g/mol. The highest BCUT2D eigenvalue weighted by Crippen LogP contribution is 2.22. The number of nitrogens with zero attached hydrogens (tertiary/aromatic N) is 3. The molecule has 1 heterocycles. The molecular weight excluding hydrogens is 293 g/mol. The zero-order valence-corrected chi connectivity index (χ0v) is 13.1. The van der Waals surface area contributed by atoms with Crippen LogP contribution in [0.1, 0.15) is 18.1 Å². The lowest BCUT2D eigenvalue weighted by Crippen LogP contribution is -2.31. The van der Waals surface area contributed by atoms with Crippen LogP contribution >= 0.6 is 0 Å². The van der Waals surface area contributed by atoms with E-state index in [1.807, 2.05) is 0 Å². The minimum Gasteiger partial charge on any atom is -0.275 e. The van der Waals surface area contributed by atoms with Crippen molar-refractivity contribution in [1.82, 2.24) is 14.1 Å². The van der Waals surface area contributed by atoms with Gasteiger partial charge in [-0.05, 0) is 24.6 Å². The van der Waals surface area contributed by atoms with Crippen LogP contribution in [0.5, 0.6) is 0 Å². The molecule has 0 unspecified atom stereocenters. The van der Waals surface area contributed by atoms with Crippen LogP contribution in [0, 0.1) is 12.7 Å². The summed E-state index contributed by atoms with van der Waals surface area (Å²) in [6, 6.07) is 3.79. The van der Waals surface area contributed by atoms with Crippen LogP contribution in [0.4, 0.5) is 4.39 Å². The molecule has 0 saturated heterocycles. The van der Waals surface area contributed by atoms with E-state index in [1.54, 1.807) is 38.0 Å². The Labute approximate surface area is 124 Å². The predicted octanol–water partition coefficient (Wildman–Crippen LogP) is 2.08. The smallest absolute Gasteiger partial charge is 0.243 e. The molecule has 2 rings (SSSR count). The second-order valence-electron chi connectivity index (χ2n) is 4.86. The Bertz CT molecular complexity index is 740. The minimum atomic E-state index is -3.74. The summed E-state index contributed by atoms with van der Waals surface area (Å²) >= 11 is 0. The Morgan fingerprint density at radius 2 is 2.10 bits per heavy atom. The Morgan fingerprint density at radius 3 is 2.67 bits per heavy atom. The SMILES string of the molecule is CCN(Cc1cnn(C)c1)S(=O)(=O)c1cc(F)ccc1C. The van der Waals surface area contributed by atoms with E-state index < -0.39 is 15.8 Å². The summed E-state index contributed by atoms with van der Waals surface area (Å²) in [6.07, 6.45) is 3.38. The molecule has 0 spiro atoms. The van der Waals surface area contributed by atoms with Gasteiger partial charge in [-0.25, -0.2) is 12.8 Å². The monoisotopic (exact) mass is 311 g/mol. The van der Waals surface area contributed by atoms with Crippen molar-refractivity contribution in [2.75, 3.05) is 6.54 Å². The van der Waals surface area contributed by atoms with Crippen LogP contribution in [0.25, 0.3) is 0 Å². The van der Waals surface area contributed by atoms with E-state index in [9.17, 15) is 12.8 Å². The van der Waals surface area contributed by atoms with Gasteiger partial charge in [0.1, 0.15) is 5.82 Å². The van der Waals surface area contributed by atoms with Gasteiger partial charge in [-0.1, -0.05) is 13.0 Å². The maximum atomic E-state index is 13.4. The quantitative estimate of drug-likeness (QED) is 0.849. The Hall–Kier alpha value is -1.73. The van der Waals surface area contributed by atoms with Crippen molar-refractivity contribution in [2.45, 2.75) is 25.3 Å². The molecule has 7 heteroatoms. The number of sulfonamides is 1. The molecule has 0 atom stereocenters. The van der Waals surface area contributed by atoms with Gasteiger partial charge in [-0.3, -0.25) is 4.68 Å². The maximum Gasteiger partial charge on any atom is 0.243 e. The van der Waals surface area contributed by atoms with Crippen LogP contribution in [-0.2, 0) is 23.6 Å². The van der Waals surface area contributed by atoms with E-state index >= 15 is 0 Å². The van der Waals surface area contributed by atoms with Crippen LogP contribution in [0.2, 0.25) is 0 Å². The summed E-state index contributed by atoms with van der Waals surface area (Å²) in [4.78, 5) is 0.00763. The number of halogens is 1. The first kappa shape index (κ1) is 15.7. The molecular formula is C14H18FN3O2S.